The molecule has 0 atom stereocenters. The van der Waals surface area contributed by atoms with Gasteiger partial charge in [0.25, 0.3) is 11.8 Å². The quantitative estimate of drug-likeness (QED) is 0.783. The molecule has 1 N–H and O–H groups in total. The Kier molecular flexibility index (Phi) is 4.42. The van der Waals surface area contributed by atoms with E-state index in [0.717, 1.165) is 5.56 Å². The van der Waals surface area contributed by atoms with Crippen LogP contribution < -0.4 is 5.32 Å². The van der Waals surface area contributed by atoms with Gasteiger partial charge in [0, 0.05) is 24.7 Å². The van der Waals surface area contributed by atoms with Gasteiger partial charge in [0.2, 0.25) is 5.89 Å². The summed E-state index contributed by atoms with van der Waals surface area (Å²) in [5.74, 6) is 0.731. The molecule has 2 aromatic heterocycles. The molecule has 0 saturated heterocycles. The van der Waals surface area contributed by atoms with Crippen LogP contribution in [-0.2, 0) is 6.42 Å². The van der Waals surface area contributed by atoms with Crippen molar-refractivity contribution < 1.29 is 9.21 Å². The maximum absolute atomic E-state index is 12.0. The Bertz CT molecular complexity index is 782. The molecule has 23 heavy (non-hydrogen) atoms. The van der Waals surface area contributed by atoms with Gasteiger partial charge in [0.15, 0.2) is 0 Å². The summed E-state index contributed by atoms with van der Waals surface area (Å²) in [5.41, 5.74) is 2.39. The molecule has 2 heterocycles. The number of pyridine rings is 1. The zero-order valence-corrected chi connectivity index (χ0v) is 12.7. The van der Waals surface area contributed by atoms with E-state index in [-0.39, 0.29) is 5.91 Å². The van der Waals surface area contributed by atoms with Gasteiger partial charge < -0.3 is 9.73 Å². The fraction of sp³-hybridized carbons (Fsp3) is 0.176. The summed E-state index contributed by atoms with van der Waals surface area (Å²) in [6.07, 6.45) is 2.14. The molecule has 0 bridgehead atoms. The van der Waals surface area contributed by atoms with Gasteiger partial charge in [-0.25, -0.2) is 0 Å². The van der Waals surface area contributed by atoms with Gasteiger partial charge in [-0.15, -0.1) is 10.2 Å². The van der Waals surface area contributed by atoms with Crippen LogP contribution in [-0.4, -0.2) is 27.6 Å². The van der Waals surface area contributed by atoms with E-state index in [9.17, 15) is 4.79 Å². The van der Waals surface area contributed by atoms with Crippen LogP contribution in [0.1, 0.15) is 21.8 Å². The summed E-state index contributed by atoms with van der Waals surface area (Å²) in [6, 6.07) is 12.9. The Morgan fingerprint density at radius 1 is 1.13 bits per heavy atom. The number of aromatic nitrogens is 3. The first-order valence-corrected chi connectivity index (χ1v) is 7.31. The van der Waals surface area contributed by atoms with E-state index in [0.29, 0.717) is 36.0 Å². The van der Waals surface area contributed by atoms with Gasteiger partial charge in [-0.3, -0.25) is 9.78 Å². The number of amides is 1. The number of nitrogens with one attached hydrogen (secondary N) is 1. The predicted octanol–water partition coefficient (Wildman–Crippen LogP) is 2.41. The first kappa shape index (κ1) is 14.9. The molecule has 0 radical (unpaired) electrons. The smallest absolute Gasteiger partial charge is 0.266 e. The van der Waals surface area contributed by atoms with Crippen molar-refractivity contribution in [2.75, 3.05) is 6.54 Å². The van der Waals surface area contributed by atoms with Crippen LogP contribution in [0, 0.1) is 6.92 Å². The number of carbonyl (C=O) groups is 1. The molecule has 0 aliphatic carbocycles. The second kappa shape index (κ2) is 6.83. The molecule has 1 aromatic carbocycles. The van der Waals surface area contributed by atoms with E-state index in [4.69, 9.17) is 4.42 Å². The second-order valence-corrected chi connectivity index (χ2v) is 5.09. The van der Waals surface area contributed by atoms with Crippen molar-refractivity contribution >= 4 is 5.91 Å². The van der Waals surface area contributed by atoms with E-state index in [1.54, 1.807) is 24.4 Å². The third-order valence-electron chi connectivity index (χ3n) is 3.29. The third-order valence-corrected chi connectivity index (χ3v) is 3.29. The number of hydrogen-bond acceptors (Lipinski definition) is 5. The summed E-state index contributed by atoms with van der Waals surface area (Å²) >= 11 is 0. The van der Waals surface area contributed by atoms with Crippen molar-refractivity contribution in [3.63, 3.8) is 0 Å². The van der Waals surface area contributed by atoms with Crippen molar-refractivity contribution in [1.82, 2.24) is 20.5 Å². The molecule has 0 saturated carbocycles. The van der Waals surface area contributed by atoms with E-state index in [1.165, 1.54) is 0 Å². The van der Waals surface area contributed by atoms with E-state index < -0.39 is 0 Å². The number of carbonyl (C=O) groups excluding carboxylic acids is 1. The van der Waals surface area contributed by atoms with Crippen LogP contribution in [0.2, 0.25) is 0 Å². The van der Waals surface area contributed by atoms with Crippen LogP contribution in [0.4, 0.5) is 0 Å². The van der Waals surface area contributed by atoms with E-state index in [2.05, 4.69) is 20.5 Å². The van der Waals surface area contributed by atoms with Crippen molar-refractivity contribution in [3.05, 3.63) is 65.7 Å². The average molecular weight is 308 g/mol. The lowest BCUT2D eigenvalue weighted by Gasteiger charge is -2.03. The van der Waals surface area contributed by atoms with Gasteiger partial charge >= 0.3 is 0 Å². The minimum Gasteiger partial charge on any atom is -0.419 e. The minimum atomic E-state index is -0.116. The fourth-order valence-corrected chi connectivity index (χ4v) is 2.04. The summed E-state index contributed by atoms with van der Waals surface area (Å²) in [7, 11) is 0. The minimum absolute atomic E-state index is 0.116. The molecule has 0 fully saturated rings. The third kappa shape index (κ3) is 3.79. The molecule has 0 aliphatic heterocycles. The highest BCUT2D eigenvalue weighted by Gasteiger charge is 2.10. The van der Waals surface area contributed by atoms with Crippen LogP contribution in [0.5, 0.6) is 0 Å². The SMILES string of the molecule is Cc1ccc(C(=O)NCCc2nnc(-c3ccccn3)o2)cc1. The van der Waals surface area contributed by atoms with E-state index >= 15 is 0 Å². The topological polar surface area (TPSA) is 80.9 Å². The first-order valence-electron chi connectivity index (χ1n) is 7.31. The van der Waals surface area contributed by atoms with E-state index in [1.807, 2.05) is 31.2 Å². The summed E-state index contributed by atoms with van der Waals surface area (Å²) in [6.45, 7) is 2.41. The Labute approximate surface area is 133 Å². The Morgan fingerprint density at radius 2 is 1.96 bits per heavy atom. The van der Waals surface area contributed by atoms with Crippen LogP contribution in [0.25, 0.3) is 11.6 Å². The van der Waals surface area contributed by atoms with Gasteiger partial charge in [0.05, 0.1) is 0 Å². The van der Waals surface area contributed by atoms with Crippen molar-refractivity contribution in [2.24, 2.45) is 0 Å². The predicted molar refractivity (Wildman–Crippen MR) is 84.7 cm³/mol. The maximum atomic E-state index is 12.0. The van der Waals surface area contributed by atoms with Crippen LogP contribution >= 0.6 is 0 Å². The molecule has 3 aromatic rings. The first-order chi connectivity index (χ1) is 11.2. The number of nitrogens with zero attached hydrogens (tertiary/aromatic N) is 3. The molecule has 6 heteroatoms. The Hall–Kier alpha value is -3.02. The van der Waals surface area contributed by atoms with Gasteiger partial charge in [-0.2, -0.15) is 0 Å². The molecule has 0 aliphatic rings. The molecule has 0 spiro atoms. The fourth-order valence-electron chi connectivity index (χ4n) is 2.04. The molecule has 116 valence electrons. The number of rotatable bonds is 5. The second-order valence-electron chi connectivity index (χ2n) is 5.09. The standard InChI is InChI=1S/C17H16N4O2/c1-12-5-7-13(8-6-12)16(22)19-11-9-15-20-21-17(23-15)14-4-2-3-10-18-14/h2-8,10H,9,11H2,1H3,(H,19,22). The average Bonchev–Trinajstić information content (AvgIpc) is 3.05. The van der Waals surface area contributed by atoms with Crippen molar-refractivity contribution in [1.29, 1.82) is 0 Å². The normalized spacial score (nSPS) is 10.5. The Morgan fingerprint density at radius 3 is 2.70 bits per heavy atom. The lowest BCUT2D eigenvalue weighted by Crippen LogP contribution is -2.25. The zero-order valence-electron chi connectivity index (χ0n) is 12.7. The van der Waals surface area contributed by atoms with Crippen molar-refractivity contribution in [2.45, 2.75) is 13.3 Å². The molecule has 6 nitrogen and oxygen atoms in total. The molecular formula is C17H16N4O2. The molecule has 3 rings (SSSR count). The lowest BCUT2D eigenvalue weighted by atomic mass is 10.1. The molecule has 1 amide bonds. The molecule has 0 unspecified atom stereocenters. The number of aryl methyl sites for hydroxylation is 1. The van der Waals surface area contributed by atoms with Crippen molar-refractivity contribution in [3.8, 4) is 11.6 Å². The highest BCUT2D eigenvalue weighted by atomic mass is 16.4. The largest absolute Gasteiger partial charge is 0.419 e. The molecular weight excluding hydrogens is 292 g/mol. The van der Waals surface area contributed by atoms with Gasteiger partial charge in [-0.05, 0) is 31.2 Å². The lowest BCUT2D eigenvalue weighted by molar-refractivity contribution is 0.0953. The summed E-state index contributed by atoms with van der Waals surface area (Å²) in [5, 5.41) is 10.8. The van der Waals surface area contributed by atoms with Crippen LogP contribution in [0.3, 0.4) is 0 Å². The number of hydrogen-bond donors (Lipinski definition) is 1. The number of benzene rings is 1. The highest BCUT2D eigenvalue weighted by molar-refractivity contribution is 5.94. The summed E-state index contributed by atoms with van der Waals surface area (Å²) < 4.78 is 5.54. The monoisotopic (exact) mass is 308 g/mol. The summed E-state index contributed by atoms with van der Waals surface area (Å²) in [4.78, 5) is 16.1. The Balaban J connectivity index is 1.54. The van der Waals surface area contributed by atoms with Crippen LogP contribution in [0.15, 0.2) is 53.1 Å². The zero-order chi connectivity index (χ0) is 16.1. The maximum Gasteiger partial charge on any atom is 0.266 e. The highest BCUT2D eigenvalue weighted by Crippen LogP contribution is 2.14. The van der Waals surface area contributed by atoms with Gasteiger partial charge in [0.1, 0.15) is 5.69 Å². The van der Waals surface area contributed by atoms with Gasteiger partial charge in [-0.1, -0.05) is 23.8 Å².